The number of hydrogen-bond donors (Lipinski definition) is 0. The molecular formula is C9H7Br2F2NO2. The van der Waals surface area contributed by atoms with Gasteiger partial charge in [-0.05, 0) is 6.07 Å². The lowest BCUT2D eigenvalue weighted by atomic mass is 10.2. The van der Waals surface area contributed by atoms with E-state index in [1.165, 1.54) is 6.07 Å². The minimum atomic E-state index is -2.79. The first-order valence-electron chi connectivity index (χ1n) is 4.13. The molecule has 0 atom stereocenters. The third-order valence-corrected chi connectivity index (χ3v) is 3.03. The van der Waals surface area contributed by atoms with E-state index in [0.717, 1.165) is 7.11 Å². The number of carbonyl (C=O) groups excluding carboxylic acids is 1. The Morgan fingerprint density at radius 2 is 2.25 bits per heavy atom. The summed E-state index contributed by atoms with van der Waals surface area (Å²) in [4.78, 5) is 15.1. The molecule has 7 heteroatoms. The van der Waals surface area contributed by atoms with Crippen molar-refractivity contribution >= 4 is 37.8 Å². The Balaban J connectivity index is 3.40. The van der Waals surface area contributed by atoms with E-state index in [-0.39, 0.29) is 10.2 Å². The van der Waals surface area contributed by atoms with E-state index in [0.29, 0.717) is 11.0 Å². The smallest absolute Gasteiger partial charge is 0.357 e. The molecule has 0 aromatic carbocycles. The number of ether oxygens (including phenoxy) is 1. The predicted molar refractivity (Wildman–Crippen MR) is 60.9 cm³/mol. The molecule has 0 saturated heterocycles. The minimum absolute atomic E-state index is 0.146. The highest BCUT2D eigenvalue weighted by Gasteiger charge is 2.24. The van der Waals surface area contributed by atoms with Crippen LogP contribution < -0.4 is 0 Å². The number of halogens is 4. The maximum Gasteiger partial charge on any atom is 0.357 e. The van der Waals surface area contributed by atoms with Gasteiger partial charge in [0.15, 0.2) is 5.69 Å². The summed E-state index contributed by atoms with van der Waals surface area (Å²) in [5, 5.41) is 0.360. The molecule has 16 heavy (non-hydrogen) atoms. The van der Waals surface area contributed by atoms with E-state index >= 15 is 0 Å². The molecule has 1 rings (SSSR count). The molecular weight excluding hydrogens is 352 g/mol. The zero-order chi connectivity index (χ0) is 12.3. The van der Waals surface area contributed by atoms with Crippen molar-refractivity contribution in [2.75, 3.05) is 7.11 Å². The van der Waals surface area contributed by atoms with Crippen molar-refractivity contribution in [1.82, 2.24) is 4.98 Å². The zero-order valence-corrected chi connectivity index (χ0v) is 11.3. The Morgan fingerprint density at radius 1 is 1.62 bits per heavy atom. The summed E-state index contributed by atoms with van der Waals surface area (Å²) in [6.07, 6.45) is -2.79. The lowest BCUT2D eigenvalue weighted by Crippen LogP contribution is -2.11. The molecule has 0 radical (unpaired) electrons. The number of rotatable bonds is 3. The minimum Gasteiger partial charge on any atom is -0.464 e. The maximum atomic E-state index is 12.7. The van der Waals surface area contributed by atoms with Gasteiger partial charge in [-0.25, -0.2) is 18.6 Å². The second-order valence-electron chi connectivity index (χ2n) is 2.78. The highest BCUT2D eigenvalue weighted by atomic mass is 79.9. The van der Waals surface area contributed by atoms with Gasteiger partial charge in [0.25, 0.3) is 6.43 Å². The largest absolute Gasteiger partial charge is 0.464 e. The van der Waals surface area contributed by atoms with Crippen LogP contribution in [0.2, 0.25) is 0 Å². The summed E-state index contributed by atoms with van der Waals surface area (Å²) in [5.74, 6) is -0.876. The molecule has 3 nitrogen and oxygen atoms in total. The molecule has 0 bridgehead atoms. The molecule has 0 aliphatic carbocycles. The number of alkyl halides is 3. The molecule has 0 amide bonds. The zero-order valence-electron chi connectivity index (χ0n) is 8.14. The molecule has 0 saturated carbocycles. The first-order chi connectivity index (χ1) is 7.51. The van der Waals surface area contributed by atoms with Crippen molar-refractivity contribution < 1.29 is 18.3 Å². The van der Waals surface area contributed by atoms with Crippen LogP contribution in [-0.4, -0.2) is 18.1 Å². The molecule has 0 fully saturated rings. The van der Waals surface area contributed by atoms with Crippen LogP contribution in [0.4, 0.5) is 8.78 Å². The quantitative estimate of drug-likeness (QED) is 0.613. The fraction of sp³-hybridized carbons (Fsp3) is 0.333. The Morgan fingerprint density at radius 3 is 2.69 bits per heavy atom. The van der Waals surface area contributed by atoms with Gasteiger partial charge >= 0.3 is 5.97 Å². The van der Waals surface area contributed by atoms with Crippen LogP contribution in [0.3, 0.4) is 0 Å². The van der Waals surface area contributed by atoms with Gasteiger partial charge in [-0.1, -0.05) is 31.9 Å². The fourth-order valence-electron chi connectivity index (χ4n) is 1.10. The molecule has 88 valence electrons. The summed E-state index contributed by atoms with van der Waals surface area (Å²) in [6.45, 7) is 0. The van der Waals surface area contributed by atoms with Gasteiger partial charge in [0.2, 0.25) is 0 Å². The Bertz CT molecular complexity index is 413. The van der Waals surface area contributed by atoms with Crippen LogP contribution in [0.1, 0.15) is 28.2 Å². The van der Waals surface area contributed by atoms with Gasteiger partial charge in [0.05, 0.1) is 18.4 Å². The van der Waals surface area contributed by atoms with Crippen molar-refractivity contribution in [3.05, 3.63) is 27.5 Å². The molecule has 0 aliphatic rings. The second-order valence-corrected chi connectivity index (χ2v) is 4.20. The average molecular weight is 359 g/mol. The van der Waals surface area contributed by atoms with Gasteiger partial charge in [0.1, 0.15) is 0 Å². The Kier molecular flexibility index (Phi) is 4.79. The van der Waals surface area contributed by atoms with Gasteiger partial charge in [-0.15, -0.1) is 0 Å². The average Bonchev–Trinajstić information content (AvgIpc) is 2.26. The van der Waals surface area contributed by atoms with Crippen LogP contribution in [-0.2, 0) is 10.1 Å². The number of nitrogens with zero attached hydrogens (tertiary/aromatic N) is 1. The normalized spacial score (nSPS) is 10.6. The van der Waals surface area contributed by atoms with Crippen LogP contribution in [0, 0.1) is 0 Å². The monoisotopic (exact) mass is 357 g/mol. The lowest BCUT2D eigenvalue weighted by molar-refractivity contribution is 0.0581. The van der Waals surface area contributed by atoms with Crippen molar-refractivity contribution in [3.8, 4) is 0 Å². The summed E-state index contributed by atoms with van der Waals surface area (Å²) in [6, 6.07) is 1.43. The summed E-state index contributed by atoms with van der Waals surface area (Å²) >= 11 is 6.12. The topological polar surface area (TPSA) is 39.2 Å². The molecule has 0 unspecified atom stereocenters. The molecule has 0 spiro atoms. The third kappa shape index (κ3) is 2.76. The summed E-state index contributed by atoms with van der Waals surface area (Å²) in [5.41, 5.74) is -0.338. The van der Waals surface area contributed by atoms with Gasteiger partial charge in [-0.2, -0.15) is 0 Å². The third-order valence-electron chi connectivity index (χ3n) is 1.80. The predicted octanol–water partition coefficient (Wildman–Crippen LogP) is 3.46. The van der Waals surface area contributed by atoms with Gasteiger partial charge in [-0.3, -0.25) is 0 Å². The van der Waals surface area contributed by atoms with Crippen molar-refractivity contribution in [3.63, 3.8) is 0 Å². The van der Waals surface area contributed by atoms with Crippen LogP contribution in [0.5, 0.6) is 0 Å². The van der Waals surface area contributed by atoms with Crippen molar-refractivity contribution in [1.29, 1.82) is 0 Å². The van der Waals surface area contributed by atoms with Crippen LogP contribution >= 0.6 is 31.9 Å². The fourth-order valence-corrected chi connectivity index (χ4v) is 2.01. The van der Waals surface area contributed by atoms with E-state index in [2.05, 4.69) is 41.6 Å². The highest BCUT2D eigenvalue weighted by Crippen LogP contribution is 2.31. The van der Waals surface area contributed by atoms with Crippen LogP contribution in [0.15, 0.2) is 10.5 Å². The second kappa shape index (κ2) is 5.67. The van der Waals surface area contributed by atoms with E-state index in [1.807, 2.05) is 0 Å². The number of hydrogen-bond acceptors (Lipinski definition) is 3. The standard InChI is InChI=1S/C9H7Br2F2NO2/c1-16-9(15)7-6(8(12)13)5(11)2-4(3-10)14-7/h2,8H,3H2,1H3. The lowest BCUT2D eigenvalue weighted by Gasteiger charge is -2.10. The highest BCUT2D eigenvalue weighted by molar-refractivity contribution is 9.10. The number of aromatic nitrogens is 1. The van der Waals surface area contributed by atoms with E-state index in [1.54, 1.807) is 0 Å². The number of pyridine rings is 1. The first-order valence-corrected chi connectivity index (χ1v) is 6.04. The SMILES string of the molecule is COC(=O)c1nc(CBr)cc(Br)c1C(F)F. The summed E-state index contributed by atoms with van der Waals surface area (Å²) < 4.78 is 30.0. The molecule has 1 heterocycles. The molecule has 0 aliphatic heterocycles. The van der Waals surface area contributed by atoms with E-state index in [4.69, 9.17) is 0 Å². The van der Waals surface area contributed by atoms with Crippen molar-refractivity contribution in [2.45, 2.75) is 11.8 Å². The van der Waals surface area contributed by atoms with E-state index in [9.17, 15) is 13.6 Å². The molecule has 1 aromatic heterocycles. The van der Waals surface area contributed by atoms with E-state index < -0.39 is 18.0 Å². The number of esters is 1. The van der Waals surface area contributed by atoms with Crippen molar-refractivity contribution in [2.24, 2.45) is 0 Å². The Labute approximate surface area is 107 Å². The van der Waals surface area contributed by atoms with Crippen LogP contribution in [0.25, 0.3) is 0 Å². The number of methoxy groups -OCH3 is 1. The first kappa shape index (κ1) is 13.5. The van der Waals surface area contributed by atoms with Gasteiger partial charge < -0.3 is 4.74 Å². The van der Waals surface area contributed by atoms with Gasteiger partial charge in [0, 0.05) is 9.80 Å². The summed E-state index contributed by atoms with van der Waals surface area (Å²) in [7, 11) is 1.12. The number of carbonyl (C=O) groups is 1. The Hall–Kier alpha value is -0.560. The molecule has 0 N–H and O–H groups in total. The molecule has 1 aromatic rings. The maximum absolute atomic E-state index is 12.7.